The minimum Gasteiger partial charge on any atom is -0.462 e. The number of carbonyl (C=O) groups excluding carboxylic acids is 1. The zero-order valence-electron chi connectivity index (χ0n) is 9.14. The van der Waals surface area contributed by atoms with E-state index in [-0.39, 0.29) is 12.2 Å². The van der Waals surface area contributed by atoms with Crippen LogP contribution in [0.2, 0.25) is 0 Å². The Kier molecular flexibility index (Phi) is 4.81. The summed E-state index contributed by atoms with van der Waals surface area (Å²) in [5, 5.41) is 8.78. The van der Waals surface area contributed by atoms with E-state index >= 15 is 0 Å². The molecule has 0 N–H and O–H groups in total. The van der Waals surface area contributed by atoms with Crippen molar-refractivity contribution in [2.45, 2.75) is 13.3 Å². The van der Waals surface area contributed by atoms with Crippen molar-refractivity contribution >= 4 is 5.97 Å². The van der Waals surface area contributed by atoms with Gasteiger partial charge >= 0.3 is 5.97 Å². The third kappa shape index (κ3) is 3.58. The normalized spacial score (nSPS) is 10.6. The summed E-state index contributed by atoms with van der Waals surface area (Å²) >= 11 is 0. The van der Waals surface area contributed by atoms with Gasteiger partial charge in [0.1, 0.15) is 11.6 Å². The van der Waals surface area contributed by atoms with Crippen LogP contribution in [0.4, 0.5) is 0 Å². The number of ether oxygens (including phenoxy) is 1. The molecule has 3 nitrogen and oxygen atoms in total. The van der Waals surface area contributed by atoms with Crippen LogP contribution in [0.1, 0.15) is 12.5 Å². The quantitative estimate of drug-likeness (QED) is 0.439. The van der Waals surface area contributed by atoms with Gasteiger partial charge in [0.2, 0.25) is 0 Å². The van der Waals surface area contributed by atoms with Crippen molar-refractivity contribution in [2.75, 3.05) is 6.61 Å². The average Bonchev–Trinajstić information content (AvgIpc) is 2.31. The second kappa shape index (κ2) is 6.41. The van der Waals surface area contributed by atoms with Crippen molar-refractivity contribution in [2.24, 2.45) is 0 Å². The smallest absolute Gasteiger partial charge is 0.348 e. The summed E-state index contributed by atoms with van der Waals surface area (Å²) in [6, 6.07) is 11.5. The maximum atomic E-state index is 11.3. The van der Waals surface area contributed by atoms with Gasteiger partial charge in [-0.15, -0.1) is 0 Å². The van der Waals surface area contributed by atoms with Crippen LogP contribution in [0.25, 0.3) is 0 Å². The molecule has 0 atom stereocenters. The SMILES string of the molecule is CCOC(=O)C(C#N)=CCc1ccccc1. The molecule has 0 saturated carbocycles. The van der Waals surface area contributed by atoms with Crippen molar-refractivity contribution in [3.63, 3.8) is 0 Å². The van der Waals surface area contributed by atoms with Gasteiger partial charge in [0.05, 0.1) is 6.61 Å². The third-order valence-electron chi connectivity index (χ3n) is 2.00. The van der Waals surface area contributed by atoms with E-state index in [9.17, 15) is 4.79 Å². The molecule has 1 aromatic rings. The fraction of sp³-hybridized carbons (Fsp3) is 0.231. The van der Waals surface area contributed by atoms with Crippen LogP contribution in [-0.2, 0) is 16.0 Å². The first-order valence-electron chi connectivity index (χ1n) is 5.09. The largest absolute Gasteiger partial charge is 0.462 e. The van der Waals surface area contributed by atoms with E-state index in [1.807, 2.05) is 36.4 Å². The molecule has 0 aliphatic rings. The number of nitrogens with zero attached hydrogens (tertiary/aromatic N) is 1. The van der Waals surface area contributed by atoms with Crippen LogP contribution in [0.3, 0.4) is 0 Å². The fourth-order valence-electron chi connectivity index (χ4n) is 1.22. The summed E-state index contributed by atoms with van der Waals surface area (Å²) in [6.07, 6.45) is 2.15. The molecule has 0 bridgehead atoms. The Labute approximate surface area is 95.0 Å². The molecule has 0 fully saturated rings. The minimum atomic E-state index is -0.555. The Morgan fingerprint density at radius 1 is 1.44 bits per heavy atom. The van der Waals surface area contributed by atoms with Crippen molar-refractivity contribution in [1.29, 1.82) is 5.26 Å². The number of carbonyl (C=O) groups is 1. The van der Waals surface area contributed by atoms with E-state index in [2.05, 4.69) is 0 Å². The number of nitriles is 1. The topological polar surface area (TPSA) is 50.1 Å². The second-order valence-corrected chi connectivity index (χ2v) is 3.14. The second-order valence-electron chi connectivity index (χ2n) is 3.14. The molecule has 0 spiro atoms. The van der Waals surface area contributed by atoms with E-state index < -0.39 is 5.97 Å². The summed E-state index contributed by atoms with van der Waals surface area (Å²) < 4.78 is 4.75. The van der Waals surface area contributed by atoms with Crippen molar-refractivity contribution in [3.8, 4) is 6.07 Å². The van der Waals surface area contributed by atoms with Crippen LogP contribution < -0.4 is 0 Å². The van der Waals surface area contributed by atoms with Gasteiger partial charge in [0.15, 0.2) is 0 Å². The van der Waals surface area contributed by atoms with Crippen LogP contribution in [0, 0.1) is 11.3 Å². The Hall–Kier alpha value is -2.08. The summed E-state index contributed by atoms with van der Waals surface area (Å²) in [5.74, 6) is -0.555. The highest BCUT2D eigenvalue weighted by atomic mass is 16.5. The number of rotatable bonds is 4. The maximum Gasteiger partial charge on any atom is 0.348 e. The zero-order chi connectivity index (χ0) is 11.8. The lowest BCUT2D eigenvalue weighted by Gasteiger charge is -1.99. The molecule has 82 valence electrons. The minimum absolute atomic E-state index is 0.0608. The van der Waals surface area contributed by atoms with E-state index in [0.29, 0.717) is 6.42 Å². The first kappa shape index (κ1) is 12.0. The Bertz CT molecular complexity index is 415. The molecule has 1 rings (SSSR count). The van der Waals surface area contributed by atoms with Crippen molar-refractivity contribution in [3.05, 3.63) is 47.5 Å². The highest BCUT2D eigenvalue weighted by molar-refractivity contribution is 5.92. The lowest BCUT2D eigenvalue weighted by Crippen LogP contribution is -2.06. The lowest BCUT2D eigenvalue weighted by atomic mass is 10.1. The van der Waals surface area contributed by atoms with Gasteiger partial charge in [-0.05, 0) is 18.9 Å². The third-order valence-corrected chi connectivity index (χ3v) is 2.00. The first-order chi connectivity index (χ1) is 7.77. The molecular weight excluding hydrogens is 202 g/mol. The summed E-state index contributed by atoms with van der Waals surface area (Å²) in [5.41, 5.74) is 1.12. The van der Waals surface area contributed by atoms with Crippen LogP contribution in [-0.4, -0.2) is 12.6 Å². The van der Waals surface area contributed by atoms with E-state index in [0.717, 1.165) is 5.56 Å². The predicted molar refractivity (Wildman–Crippen MR) is 60.5 cm³/mol. The lowest BCUT2D eigenvalue weighted by molar-refractivity contribution is -0.138. The fourth-order valence-corrected chi connectivity index (χ4v) is 1.22. The molecule has 0 aliphatic carbocycles. The van der Waals surface area contributed by atoms with Gasteiger partial charge in [-0.3, -0.25) is 0 Å². The van der Waals surface area contributed by atoms with E-state index in [1.54, 1.807) is 13.0 Å². The number of allylic oxidation sites excluding steroid dienone is 1. The monoisotopic (exact) mass is 215 g/mol. The van der Waals surface area contributed by atoms with Crippen LogP contribution in [0.5, 0.6) is 0 Å². The molecular formula is C13H13NO2. The van der Waals surface area contributed by atoms with Gasteiger partial charge in [-0.25, -0.2) is 4.79 Å². The number of benzene rings is 1. The molecule has 0 aliphatic heterocycles. The summed E-state index contributed by atoms with van der Waals surface area (Å²) in [6.45, 7) is 1.99. The number of hydrogen-bond acceptors (Lipinski definition) is 3. The molecule has 0 heterocycles. The maximum absolute atomic E-state index is 11.3. The first-order valence-corrected chi connectivity index (χ1v) is 5.09. The van der Waals surface area contributed by atoms with Gasteiger partial charge < -0.3 is 4.74 Å². The summed E-state index contributed by atoms with van der Waals surface area (Å²) in [7, 11) is 0. The van der Waals surface area contributed by atoms with Gasteiger partial charge in [-0.1, -0.05) is 36.4 Å². The standard InChI is InChI=1S/C13H13NO2/c1-2-16-13(15)12(10-14)9-8-11-6-4-3-5-7-11/h3-7,9H,2,8H2,1H3. The molecule has 0 amide bonds. The molecule has 16 heavy (non-hydrogen) atoms. The highest BCUT2D eigenvalue weighted by Crippen LogP contribution is 2.04. The van der Waals surface area contributed by atoms with E-state index in [4.69, 9.17) is 10.00 Å². The van der Waals surface area contributed by atoms with Gasteiger partial charge in [0, 0.05) is 0 Å². The Morgan fingerprint density at radius 2 is 2.12 bits per heavy atom. The summed E-state index contributed by atoms with van der Waals surface area (Å²) in [4.78, 5) is 11.3. The Balaban J connectivity index is 2.68. The van der Waals surface area contributed by atoms with Gasteiger partial charge in [0.25, 0.3) is 0 Å². The molecule has 0 saturated heterocycles. The molecule has 0 radical (unpaired) electrons. The average molecular weight is 215 g/mol. The van der Waals surface area contributed by atoms with Gasteiger partial charge in [-0.2, -0.15) is 5.26 Å². The number of esters is 1. The Morgan fingerprint density at radius 3 is 2.69 bits per heavy atom. The van der Waals surface area contributed by atoms with Crippen molar-refractivity contribution in [1.82, 2.24) is 0 Å². The highest BCUT2D eigenvalue weighted by Gasteiger charge is 2.08. The molecule has 0 unspecified atom stereocenters. The molecule has 3 heteroatoms. The van der Waals surface area contributed by atoms with Crippen molar-refractivity contribution < 1.29 is 9.53 Å². The van der Waals surface area contributed by atoms with Crippen LogP contribution >= 0.6 is 0 Å². The molecule has 0 aromatic heterocycles. The number of hydrogen-bond donors (Lipinski definition) is 0. The zero-order valence-corrected chi connectivity index (χ0v) is 9.14. The van der Waals surface area contributed by atoms with Crippen LogP contribution in [0.15, 0.2) is 42.0 Å². The van der Waals surface area contributed by atoms with E-state index in [1.165, 1.54) is 0 Å². The predicted octanol–water partition coefficient (Wildman–Crippen LogP) is 2.24. The molecule has 1 aromatic carbocycles.